The second kappa shape index (κ2) is 11.0. The number of pyridine rings is 1. The van der Waals surface area contributed by atoms with E-state index >= 15 is 0 Å². The van der Waals surface area contributed by atoms with Crippen molar-refractivity contribution >= 4 is 23.4 Å². The van der Waals surface area contributed by atoms with Crippen LogP contribution in [0.2, 0.25) is 0 Å². The fraction of sp³-hybridized carbons (Fsp3) is 0.207. The number of piperidine rings is 1. The summed E-state index contributed by atoms with van der Waals surface area (Å²) in [6.07, 6.45) is 6.60. The van der Waals surface area contributed by atoms with Crippen LogP contribution < -0.4 is 5.56 Å². The van der Waals surface area contributed by atoms with E-state index in [9.17, 15) is 10.1 Å². The SMILES string of the molecule is Cl.N#Cc1cnc(-c2ccc(CN3CCC(n4ncc5c(=O)[nH]cnc54)CC3)cc2)c(-c2ccccc2)c1. The van der Waals surface area contributed by atoms with E-state index in [-0.39, 0.29) is 24.0 Å². The topological polar surface area (TPSA) is 103 Å². The summed E-state index contributed by atoms with van der Waals surface area (Å²) in [5.41, 5.74) is 6.20. The Balaban J connectivity index is 0.00000294. The van der Waals surface area contributed by atoms with Gasteiger partial charge in [0.2, 0.25) is 0 Å². The summed E-state index contributed by atoms with van der Waals surface area (Å²) in [6.45, 7) is 2.77. The van der Waals surface area contributed by atoms with Gasteiger partial charge in [-0.05, 0) is 30.0 Å². The monoisotopic (exact) mass is 523 g/mol. The Morgan fingerprint density at radius 3 is 2.47 bits per heavy atom. The van der Waals surface area contributed by atoms with Crippen molar-refractivity contribution in [1.82, 2.24) is 29.6 Å². The maximum absolute atomic E-state index is 12.0. The smallest absolute Gasteiger partial charge is 0.261 e. The van der Waals surface area contributed by atoms with Gasteiger partial charge in [-0.25, -0.2) is 9.67 Å². The number of H-pyrrole nitrogens is 1. The van der Waals surface area contributed by atoms with Gasteiger partial charge in [0.05, 0.1) is 29.8 Å². The molecule has 9 heteroatoms. The molecular formula is C29H26ClN7O. The third kappa shape index (κ3) is 4.94. The van der Waals surface area contributed by atoms with Crippen LogP contribution in [0.25, 0.3) is 33.4 Å². The predicted octanol–water partition coefficient (Wildman–Crippen LogP) is 4.98. The van der Waals surface area contributed by atoms with Crippen molar-refractivity contribution in [3.8, 4) is 28.5 Å². The Labute approximate surface area is 226 Å². The maximum Gasteiger partial charge on any atom is 0.261 e. The molecule has 2 aromatic carbocycles. The molecule has 5 aromatic rings. The number of aromatic nitrogens is 5. The summed E-state index contributed by atoms with van der Waals surface area (Å²) in [5, 5.41) is 14.4. The minimum absolute atomic E-state index is 0. The Hall–Kier alpha value is -4.32. The lowest BCUT2D eigenvalue weighted by atomic mass is 9.97. The lowest BCUT2D eigenvalue weighted by Crippen LogP contribution is -2.34. The van der Waals surface area contributed by atoms with Crippen LogP contribution in [0.4, 0.5) is 0 Å². The summed E-state index contributed by atoms with van der Waals surface area (Å²) < 4.78 is 1.91. The van der Waals surface area contributed by atoms with E-state index in [1.54, 1.807) is 12.4 Å². The molecule has 0 bridgehead atoms. The van der Waals surface area contributed by atoms with Crippen molar-refractivity contribution in [1.29, 1.82) is 5.26 Å². The van der Waals surface area contributed by atoms with Gasteiger partial charge in [0.1, 0.15) is 11.5 Å². The van der Waals surface area contributed by atoms with Gasteiger partial charge in [-0.3, -0.25) is 14.7 Å². The zero-order valence-corrected chi connectivity index (χ0v) is 21.4. The van der Waals surface area contributed by atoms with Gasteiger partial charge in [-0.2, -0.15) is 10.4 Å². The number of benzene rings is 2. The third-order valence-electron chi connectivity index (χ3n) is 7.03. The first-order valence-corrected chi connectivity index (χ1v) is 12.4. The largest absolute Gasteiger partial charge is 0.312 e. The molecule has 4 heterocycles. The Morgan fingerprint density at radius 1 is 0.974 bits per heavy atom. The molecule has 38 heavy (non-hydrogen) atoms. The van der Waals surface area contributed by atoms with E-state index in [0.717, 1.165) is 54.9 Å². The average molecular weight is 524 g/mol. The average Bonchev–Trinajstić information content (AvgIpc) is 3.40. The summed E-state index contributed by atoms with van der Waals surface area (Å²) in [4.78, 5) is 26.0. The van der Waals surface area contributed by atoms with Crippen LogP contribution in [0.15, 0.2) is 84.2 Å². The number of rotatable bonds is 5. The van der Waals surface area contributed by atoms with Gasteiger partial charge >= 0.3 is 0 Å². The summed E-state index contributed by atoms with van der Waals surface area (Å²) in [7, 11) is 0. The molecule has 3 aromatic heterocycles. The number of hydrogen-bond acceptors (Lipinski definition) is 6. The van der Waals surface area contributed by atoms with Crippen LogP contribution in [0.3, 0.4) is 0 Å². The van der Waals surface area contributed by atoms with Crippen LogP contribution in [0, 0.1) is 11.3 Å². The minimum Gasteiger partial charge on any atom is -0.312 e. The van der Waals surface area contributed by atoms with Crippen molar-refractivity contribution < 1.29 is 0 Å². The minimum atomic E-state index is -0.149. The molecule has 1 aliphatic rings. The molecule has 0 saturated carbocycles. The molecule has 1 N–H and O–H groups in total. The molecule has 190 valence electrons. The van der Waals surface area contributed by atoms with Gasteiger partial charge in [0.15, 0.2) is 5.65 Å². The molecule has 0 atom stereocenters. The molecule has 8 nitrogen and oxygen atoms in total. The highest BCUT2D eigenvalue weighted by atomic mass is 35.5. The van der Waals surface area contributed by atoms with Crippen molar-refractivity contribution in [2.75, 3.05) is 13.1 Å². The molecule has 0 spiro atoms. The molecule has 0 radical (unpaired) electrons. The normalized spacial score (nSPS) is 14.2. The standard InChI is InChI=1S/C29H25N7O.ClH/c30-15-21-14-25(22-4-2-1-3-5-22)27(31-16-21)23-8-6-20(7-9-23)18-35-12-10-24(11-13-35)36-28-26(17-34-36)29(37)33-19-32-28;/h1-9,14,16-17,19,24H,10-13,18H2,(H,32,33,37);1H. The van der Waals surface area contributed by atoms with Crippen LogP contribution in [-0.2, 0) is 6.54 Å². The van der Waals surface area contributed by atoms with Gasteiger partial charge < -0.3 is 4.98 Å². The number of fused-ring (bicyclic) bond motifs is 1. The molecule has 0 unspecified atom stereocenters. The summed E-state index contributed by atoms with van der Waals surface area (Å²) in [6, 6.07) is 23.0. The number of hydrogen-bond donors (Lipinski definition) is 1. The van der Waals surface area contributed by atoms with E-state index in [0.29, 0.717) is 16.6 Å². The number of likely N-dealkylation sites (tertiary alicyclic amines) is 1. The molecule has 1 aliphatic heterocycles. The number of nitriles is 1. The van der Waals surface area contributed by atoms with E-state index in [1.165, 1.54) is 11.9 Å². The number of nitrogens with zero attached hydrogens (tertiary/aromatic N) is 6. The molecule has 0 aliphatic carbocycles. The second-order valence-electron chi connectivity index (χ2n) is 9.36. The van der Waals surface area contributed by atoms with Crippen molar-refractivity contribution in [3.05, 3.63) is 101 Å². The molecule has 1 fully saturated rings. The van der Waals surface area contributed by atoms with Gasteiger partial charge in [0, 0.05) is 37.0 Å². The van der Waals surface area contributed by atoms with Crippen LogP contribution >= 0.6 is 12.4 Å². The highest BCUT2D eigenvalue weighted by Crippen LogP contribution is 2.32. The van der Waals surface area contributed by atoms with Gasteiger partial charge in [-0.15, -0.1) is 12.4 Å². The molecule has 0 amide bonds. The van der Waals surface area contributed by atoms with Gasteiger partial charge in [0.25, 0.3) is 5.56 Å². The molecule has 6 rings (SSSR count). The number of aromatic amines is 1. The number of halogens is 1. The van der Waals surface area contributed by atoms with Crippen molar-refractivity contribution in [2.24, 2.45) is 0 Å². The molecule has 1 saturated heterocycles. The van der Waals surface area contributed by atoms with E-state index < -0.39 is 0 Å². The second-order valence-corrected chi connectivity index (χ2v) is 9.36. The summed E-state index contributed by atoms with van der Waals surface area (Å²) >= 11 is 0. The van der Waals surface area contributed by atoms with E-state index in [2.05, 4.69) is 55.3 Å². The van der Waals surface area contributed by atoms with Crippen LogP contribution in [0.5, 0.6) is 0 Å². The predicted molar refractivity (Wildman–Crippen MR) is 149 cm³/mol. The lowest BCUT2D eigenvalue weighted by molar-refractivity contribution is 0.175. The third-order valence-corrected chi connectivity index (χ3v) is 7.03. The van der Waals surface area contributed by atoms with Crippen LogP contribution in [0.1, 0.15) is 30.0 Å². The zero-order chi connectivity index (χ0) is 25.2. The Morgan fingerprint density at radius 2 is 1.74 bits per heavy atom. The van der Waals surface area contributed by atoms with E-state index in [1.807, 2.05) is 41.1 Å². The van der Waals surface area contributed by atoms with Crippen molar-refractivity contribution in [3.63, 3.8) is 0 Å². The number of nitrogens with one attached hydrogen (secondary N) is 1. The fourth-order valence-corrected chi connectivity index (χ4v) is 5.08. The summed E-state index contributed by atoms with van der Waals surface area (Å²) in [5.74, 6) is 0. The first-order valence-electron chi connectivity index (χ1n) is 12.4. The van der Waals surface area contributed by atoms with E-state index in [4.69, 9.17) is 0 Å². The quantitative estimate of drug-likeness (QED) is 0.348. The Kier molecular flexibility index (Phi) is 7.31. The lowest BCUT2D eigenvalue weighted by Gasteiger charge is -2.32. The Bertz CT molecular complexity index is 1650. The van der Waals surface area contributed by atoms with Gasteiger partial charge in [-0.1, -0.05) is 54.6 Å². The molecular weight excluding hydrogens is 498 g/mol. The maximum atomic E-state index is 12.0. The van der Waals surface area contributed by atoms with Crippen molar-refractivity contribution in [2.45, 2.75) is 25.4 Å². The fourth-order valence-electron chi connectivity index (χ4n) is 5.08. The highest BCUT2D eigenvalue weighted by molar-refractivity contribution is 5.85. The first-order chi connectivity index (χ1) is 18.2. The first kappa shape index (κ1) is 25.3. The zero-order valence-electron chi connectivity index (χ0n) is 20.6. The van der Waals surface area contributed by atoms with Crippen LogP contribution in [-0.4, -0.2) is 42.7 Å². The highest BCUT2D eigenvalue weighted by Gasteiger charge is 2.23.